The summed E-state index contributed by atoms with van der Waals surface area (Å²) in [6.07, 6.45) is 0.813. The highest BCUT2D eigenvalue weighted by Gasteiger charge is 2.23. The smallest absolute Gasteiger partial charge is 0.336 e. The SMILES string of the molecule is Cc1ccc(N2CCN(C(=O)CNC(=O)S(C)(=O)=O)CC2)cc1. The summed E-state index contributed by atoms with van der Waals surface area (Å²) in [5.41, 5.74) is 2.32. The molecule has 126 valence electrons. The Morgan fingerprint density at radius 2 is 1.65 bits per heavy atom. The minimum absolute atomic E-state index is 0.273. The predicted octanol–water partition coefficient (Wildman–Crippen LogP) is 0.398. The van der Waals surface area contributed by atoms with Crippen LogP contribution in [0.5, 0.6) is 0 Å². The molecule has 2 amide bonds. The van der Waals surface area contributed by atoms with Crippen molar-refractivity contribution in [3.05, 3.63) is 29.8 Å². The van der Waals surface area contributed by atoms with Gasteiger partial charge in [0.25, 0.3) is 0 Å². The molecule has 1 N–H and O–H groups in total. The first-order chi connectivity index (χ1) is 10.8. The van der Waals surface area contributed by atoms with Crippen LogP contribution in [-0.2, 0) is 14.6 Å². The molecule has 0 unspecified atom stereocenters. The Morgan fingerprint density at radius 1 is 1.09 bits per heavy atom. The Balaban J connectivity index is 1.83. The number of carbonyl (C=O) groups is 2. The van der Waals surface area contributed by atoms with Crippen LogP contribution in [0.25, 0.3) is 0 Å². The number of amides is 2. The lowest BCUT2D eigenvalue weighted by molar-refractivity contribution is -0.130. The minimum Gasteiger partial charge on any atom is -0.368 e. The van der Waals surface area contributed by atoms with Crippen LogP contribution in [0.2, 0.25) is 0 Å². The molecule has 23 heavy (non-hydrogen) atoms. The van der Waals surface area contributed by atoms with Crippen molar-refractivity contribution in [1.29, 1.82) is 0 Å². The summed E-state index contributed by atoms with van der Waals surface area (Å²) >= 11 is 0. The average Bonchev–Trinajstić information content (AvgIpc) is 2.52. The van der Waals surface area contributed by atoms with E-state index < -0.39 is 15.1 Å². The number of nitrogens with one attached hydrogen (secondary N) is 1. The van der Waals surface area contributed by atoms with Gasteiger partial charge in [0.15, 0.2) is 0 Å². The van der Waals surface area contributed by atoms with Gasteiger partial charge in [0, 0.05) is 38.1 Å². The molecule has 0 saturated carbocycles. The first-order valence-corrected chi connectivity index (χ1v) is 9.24. The average molecular weight is 339 g/mol. The summed E-state index contributed by atoms with van der Waals surface area (Å²) in [5.74, 6) is -0.273. The Kier molecular flexibility index (Phi) is 5.25. The number of nitrogens with zero attached hydrogens (tertiary/aromatic N) is 2. The number of sulfone groups is 1. The molecule has 0 aromatic heterocycles. The normalized spacial score (nSPS) is 15.4. The van der Waals surface area contributed by atoms with Gasteiger partial charge in [0.1, 0.15) is 0 Å². The van der Waals surface area contributed by atoms with E-state index in [-0.39, 0.29) is 12.5 Å². The quantitative estimate of drug-likeness (QED) is 0.861. The predicted molar refractivity (Wildman–Crippen MR) is 88.2 cm³/mol. The van der Waals surface area contributed by atoms with Crippen LogP contribution in [-0.4, -0.2) is 63.4 Å². The van der Waals surface area contributed by atoms with Gasteiger partial charge in [-0.2, -0.15) is 0 Å². The molecule has 1 aromatic rings. The molecule has 1 saturated heterocycles. The summed E-state index contributed by atoms with van der Waals surface area (Å²) in [5, 5.41) is 1.02. The molecule has 1 fully saturated rings. The van der Waals surface area contributed by atoms with Gasteiger partial charge >= 0.3 is 5.24 Å². The van der Waals surface area contributed by atoms with E-state index in [4.69, 9.17) is 0 Å². The fourth-order valence-electron chi connectivity index (χ4n) is 2.36. The van der Waals surface area contributed by atoms with Gasteiger partial charge < -0.3 is 15.1 Å². The number of hydrogen-bond acceptors (Lipinski definition) is 5. The summed E-state index contributed by atoms with van der Waals surface area (Å²) < 4.78 is 22.0. The maximum Gasteiger partial charge on any atom is 0.336 e. The van der Waals surface area contributed by atoms with E-state index in [2.05, 4.69) is 22.3 Å². The molecule has 0 aliphatic carbocycles. The van der Waals surface area contributed by atoms with Crippen LogP contribution in [0.4, 0.5) is 10.5 Å². The molecule has 1 heterocycles. The van der Waals surface area contributed by atoms with Crippen LogP contribution in [0, 0.1) is 6.92 Å². The monoisotopic (exact) mass is 339 g/mol. The Labute approximate surface area is 136 Å². The van der Waals surface area contributed by atoms with Crippen molar-refractivity contribution in [2.75, 3.05) is 43.9 Å². The van der Waals surface area contributed by atoms with Gasteiger partial charge in [0.05, 0.1) is 6.54 Å². The molecule has 2 rings (SSSR count). The standard InChI is InChI=1S/C15H21N3O4S/c1-12-3-5-13(6-4-12)17-7-9-18(10-8-17)14(19)11-16-15(20)23(2,21)22/h3-6H,7-11H2,1-2H3,(H,16,20). The third kappa shape index (κ3) is 4.69. The van der Waals surface area contributed by atoms with Gasteiger partial charge in [0.2, 0.25) is 15.7 Å². The van der Waals surface area contributed by atoms with Crippen LogP contribution in [0.1, 0.15) is 5.56 Å². The summed E-state index contributed by atoms with van der Waals surface area (Å²) in [6.45, 7) is 4.23. The van der Waals surface area contributed by atoms with E-state index in [0.717, 1.165) is 11.9 Å². The van der Waals surface area contributed by atoms with Crippen LogP contribution in [0.3, 0.4) is 0 Å². The van der Waals surface area contributed by atoms with Crippen molar-refractivity contribution in [2.45, 2.75) is 6.92 Å². The van der Waals surface area contributed by atoms with E-state index in [1.165, 1.54) is 5.56 Å². The Hall–Kier alpha value is -2.09. The summed E-state index contributed by atoms with van der Waals surface area (Å²) in [6, 6.07) is 8.21. The lowest BCUT2D eigenvalue weighted by Crippen LogP contribution is -2.51. The molecular weight excluding hydrogens is 318 g/mol. The van der Waals surface area contributed by atoms with Crippen LogP contribution < -0.4 is 10.2 Å². The number of carbonyl (C=O) groups excluding carboxylic acids is 2. The van der Waals surface area contributed by atoms with Gasteiger partial charge in [-0.25, -0.2) is 8.42 Å². The molecule has 0 spiro atoms. The second kappa shape index (κ2) is 6.99. The molecule has 1 aliphatic rings. The molecule has 7 nitrogen and oxygen atoms in total. The van der Waals surface area contributed by atoms with Crippen molar-refractivity contribution < 1.29 is 18.0 Å². The number of benzene rings is 1. The highest BCUT2D eigenvalue weighted by molar-refractivity contribution is 8.05. The van der Waals surface area contributed by atoms with E-state index in [1.54, 1.807) is 4.90 Å². The summed E-state index contributed by atoms with van der Waals surface area (Å²) in [4.78, 5) is 27.1. The zero-order chi connectivity index (χ0) is 17.0. The Bertz CT molecular complexity index is 677. The molecule has 1 aromatic carbocycles. The highest BCUT2D eigenvalue weighted by atomic mass is 32.2. The molecule has 0 bridgehead atoms. The third-order valence-corrected chi connectivity index (χ3v) is 4.57. The molecule has 0 atom stereocenters. The largest absolute Gasteiger partial charge is 0.368 e. The molecular formula is C15H21N3O4S. The summed E-state index contributed by atoms with van der Waals surface area (Å²) in [7, 11) is -3.81. The fourth-order valence-corrected chi connectivity index (χ4v) is 2.69. The molecule has 8 heteroatoms. The van der Waals surface area contributed by atoms with E-state index in [0.29, 0.717) is 26.2 Å². The lowest BCUT2D eigenvalue weighted by atomic mass is 10.2. The van der Waals surface area contributed by atoms with Gasteiger partial charge in [-0.15, -0.1) is 0 Å². The van der Waals surface area contributed by atoms with E-state index >= 15 is 0 Å². The molecule has 0 radical (unpaired) electrons. The van der Waals surface area contributed by atoms with E-state index in [1.807, 2.05) is 19.1 Å². The Morgan fingerprint density at radius 3 is 2.17 bits per heavy atom. The van der Waals surface area contributed by atoms with Crippen LogP contribution >= 0.6 is 0 Å². The van der Waals surface area contributed by atoms with Crippen molar-refractivity contribution in [3.8, 4) is 0 Å². The highest BCUT2D eigenvalue weighted by Crippen LogP contribution is 2.17. The number of anilines is 1. The van der Waals surface area contributed by atoms with Crippen LogP contribution in [0.15, 0.2) is 24.3 Å². The lowest BCUT2D eigenvalue weighted by Gasteiger charge is -2.36. The maximum atomic E-state index is 12.0. The first-order valence-electron chi connectivity index (χ1n) is 7.34. The van der Waals surface area contributed by atoms with Gasteiger partial charge in [-0.05, 0) is 19.1 Å². The van der Waals surface area contributed by atoms with Gasteiger partial charge in [-0.3, -0.25) is 9.59 Å². The maximum absolute atomic E-state index is 12.0. The van der Waals surface area contributed by atoms with Crippen molar-refractivity contribution in [3.63, 3.8) is 0 Å². The second-order valence-electron chi connectivity index (χ2n) is 5.62. The van der Waals surface area contributed by atoms with Crippen molar-refractivity contribution in [2.24, 2.45) is 0 Å². The third-order valence-electron chi connectivity index (χ3n) is 3.75. The number of hydrogen-bond donors (Lipinski definition) is 1. The van der Waals surface area contributed by atoms with Crippen molar-refractivity contribution in [1.82, 2.24) is 10.2 Å². The first kappa shape index (κ1) is 17.3. The number of aryl methyl sites for hydroxylation is 1. The van der Waals surface area contributed by atoms with E-state index in [9.17, 15) is 18.0 Å². The van der Waals surface area contributed by atoms with Gasteiger partial charge in [-0.1, -0.05) is 17.7 Å². The number of rotatable bonds is 3. The molecule has 1 aliphatic heterocycles. The topological polar surface area (TPSA) is 86.8 Å². The number of piperazine rings is 1. The zero-order valence-electron chi connectivity index (χ0n) is 13.3. The van der Waals surface area contributed by atoms with Crippen molar-refractivity contribution >= 4 is 26.7 Å². The fraction of sp³-hybridized carbons (Fsp3) is 0.467. The second-order valence-corrected chi connectivity index (χ2v) is 7.53. The zero-order valence-corrected chi connectivity index (χ0v) is 14.1. The minimum atomic E-state index is -3.81.